The molecular weight excluding hydrogens is 690 g/mol. The van der Waals surface area contributed by atoms with Crippen LogP contribution < -0.4 is 17.0 Å². The van der Waals surface area contributed by atoms with Crippen molar-refractivity contribution in [3.63, 3.8) is 0 Å². The van der Waals surface area contributed by atoms with E-state index in [2.05, 4.69) is 45.0 Å². The molecule has 1 aromatic carbocycles. The highest BCUT2D eigenvalue weighted by molar-refractivity contribution is 5.69. The van der Waals surface area contributed by atoms with Crippen molar-refractivity contribution in [1.29, 1.82) is 0 Å². The molecule has 51 heavy (non-hydrogen) atoms. The monoisotopic (exact) mass is 778 g/mol. The van der Waals surface area contributed by atoms with Crippen molar-refractivity contribution in [2.75, 3.05) is 32.8 Å². The highest BCUT2D eigenvalue weighted by Crippen LogP contribution is 2.21. The topological polar surface area (TPSA) is 26.3 Å². The second kappa shape index (κ2) is 38.8. The van der Waals surface area contributed by atoms with Crippen LogP contribution in [-0.2, 0) is 16.0 Å². The van der Waals surface area contributed by atoms with E-state index in [4.69, 9.17) is 4.74 Å². The van der Waals surface area contributed by atoms with Crippen molar-refractivity contribution in [2.45, 2.75) is 226 Å². The zero-order valence-corrected chi connectivity index (χ0v) is 36.3. The molecule has 0 aliphatic heterocycles. The molecule has 0 fully saturated rings. The third-order valence-corrected chi connectivity index (χ3v) is 11.2. The Morgan fingerprint density at radius 2 is 0.765 bits per heavy atom. The zero-order valence-electron chi connectivity index (χ0n) is 34.7. The fraction of sp³-hybridized carbons (Fsp3) is 0.851. The lowest BCUT2D eigenvalue weighted by molar-refractivity contribution is -0.928. The number of quaternary nitrogens is 1. The third-order valence-electron chi connectivity index (χ3n) is 11.2. The van der Waals surface area contributed by atoms with Gasteiger partial charge in [0.05, 0.1) is 39.2 Å². The van der Waals surface area contributed by atoms with Gasteiger partial charge < -0.3 is 26.2 Å². The number of rotatable bonds is 39. The van der Waals surface area contributed by atoms with Crippen LogP contribution in [0.5, 0.6) is 0 Å². The van der Waals surface area contributed by atoms with E-state index < -0.39 is 0 Å². The summed E-state index contributed by atoms with van der Waals surface area (Å²) in [5.74, 6) is 0.0117. The smallest absolute Gasteiger partial charge is 0.311 e. The van der Waals surface area contributed by atoms with Gasteiger partial charge in [-0.1, -0.05) is 205 Å². The number of benzene rings is 1. The number of unbranched alkanes of at least 4 members (excludes halogenated alkanes) is 27. The van der Waals surface area contributed by atoms with Gasteiger partial charge in [-0.15, -0.1) is 0 Å². The molecule has 1 rings (SSSR count). The van der Waals surface area contributed by atoms with E-state index in [1.54, 1.807) is 0 Å². The number of hydrogen-bond acceptors (Lipinski definition) is 2. The Hall–Kier alpha value is -0.870. The second-order valence-corrected chi connectivity index (χ2v) is 16.0. The molecule has 0 spiro atoms. The van der Waals surface area contributed by atoms with Crippen LogP contribution in [0.4, 0.5) is 0 Å². The Bertz CT molecular complexity index is 771. The fourth-order valence-corrected chi connectivity index (χ4v) is 7.80. The number of nitrogens with zero attached hydrogens (tertiary/aromatic N) is 1. The predicted octanol–water partition coefficient (Wildman–Crippen LogP) is 11.7. The molecule has 0 N–H and O–H groups in total. The standard InChI is InChI=1S/C47H88NO2.BrH/c1-4-7-10-13-16-19-22-25-28-34-41-48(42-35-29-26-23-20-17-14-11-8-5-2,43-36-30-27-24-21-18-15-12-9-6-3)44-39-47(49)50-45-40-46-37-32-31-33-38-46;/h31-33,37-38H,4-30,34-36,39-45H2,1-3H3;1H/q+1;/p-1. The normalized spacial score (nSPS) is 11.5. The van der Waals surface area contributed by atoms with E-state index >= 15 is 0 Å². The van der Waals surface area contributed by atoms with Crippen LogP contribution in [0.15, 0.2) is 30.3 Å². The molecule has 0 heterocycles. The van der Waals surface area contributed by atoms with Crippen molar-refractivity contribution >= 4 is 5.97 Å². The summed E-state index contributed by atoms with van der Waals surface area (Å²) in [6.45, 7) is 12.1. The molecule has 0 aromatic heterocycles. The Morgan fingerprint density at radius 1 is 0.451 bits per heavy atom. The molecule has 0 unspecified atom stereocenters. The van der Waals surface area contributed by atoms with Gasteiger partial charge in [0, 0.05) is 6.42 Å². The second-order valence-electron chi connectivity index (χ2n) is 16.0. The van der Waals surface area contributed by atoms with Gasteiger partial charge in [0.2, 0.25) is 0 Å². The van der Waals surface area contributed by atoms with Crippen molar-refractivity contribution in [1.82, 2.24) is 0 Å². The van der Waals surface area contributed by atoms with Gasteiger partial charge in [0.25, 0.3) is 0 Å². The Morgan fingerprint density at radius 3 is 1.10 bits per heavy atom. The molecule has 300 valence electrons. The van der Waals surface area contributed by atoms with Crippen molar-refractivity contribution < 1.29 is 31.0 Å². The highest BCUT2D eigenvalue weighted by Gasteiger charge is 2.27. The largest absolute Gasteiger partial charge is 1.00 e. The Labute approximate surface area is 330 Å². The predicted molar refractivity (Wildman–Crippen MR) is 221 cm³/mol. The molecule has 0 saturated heterocycles. The number of carbonyl (C=O) groups excluding carboxylic acids is 1. The SMILES string of the molecule is CCCCCCCCCCCC[N+](CCCCCCCCCCCC)(CCCCCCCCCCCC)CCC(=O)OCCc1ccccc1.[Br-]. The number of halogens is 1. The Balaban J connectivity index is 0.0000250. The summed E-state index contributed by atoms with van der Waals surface area (Å²) < 4.78 is 6.96. The van der Waals surface area contributed by atoms with E-state index in [1.165, 1.54) is 218 Å². The van der Waals surface area contributed by atoms with Crippen LogP contribution in [-0.4, -0.2) is 43.2 Å². The number of hydrogen-bond donors (Lipinski definition) is 0. The van der Waals surface area contributed by atoms with Crippen LogP contribution in [0.3, 0.4) is 0 Å². The van der Waals surface area contributed by atoms with Gasteiger partial charge in [-0.25, -0.2) is 0 Å². The van der Waals surface area contributed by atoms with E-state index in [0.29, 0.717) is 13.0 Å². The maximum atomic E-state index is 13.1. The summed E-state index contributed by atoms with van der Waals surface area (Å²) in [6, 6.07) is 10.4. The van der Waals surface area contributed by atoms with Gasteiger partial charge in [-0.05, 0) is 44.1 Å². The lowest BCUT2D eigenvalue weighted by Crippen LogP contribution is -3.00. The first-order chi connectivity index (χ1) is 24.7. The zero-order chi connectivity index (χ0) is 36.1. The minimum Gasteiger partial charge on any atom is -1.00 e. The summed E-state index contributed by atoms with van der Waals surface area (Å²) in [5, 5.41) is 0. The lowest BCUT2D eigenvalue weighted by Gasteiger charge is -2.39. The Kier molecular flexibility index (Phi) is 38.2. The first-order valence-electron chi connectivity index (χ1n) is 22.7. The molecule has 0 aliphatic carbocycles. The van der Waals surface area contributed by atoms with Crippen LogP contribution in [0, 0.1) is 0 Å². The molecular formula is C47H88BrNO2. The van der Waals surface area contributed by atoms with E-state index in [0.717, 1.165) is 17.4 Å². The van der Waals surface area contributed by atoms with Crippen molar-refractivity contribution in [2.24, 2.45) is 0 Å². The number of esters is 1. The van der Waals surface area contributed by atoms with Crippen LogP contribution in [0.2, 0.25) is 0 Å². The lowest BCUT2D eigenvalue weighted by atomic mass is 10.0. The van der Waals surface area contributed by atoms with Gasteiger partial charge in [-0.3, -0.25) is 4.79 Å². The summed E-state index contributed by atoms with van der Waals surface area (Å²) >= 11 is 0. The third kappa shape index (κ3) is 32.3. The first kappa shape index (κ1) is 50.1. The van der Waals surface area contributed by atoms with E-state index in [-0.39, 0.29) is 23.0 Å². The molecule has 0 aliphatic rings. The number of ether oxygens (including phenoxy) is 1. The van der Waals surface area contributed by atoms with Gasteiger partial charge in [0.1, 0.15) is 0 Å². The van der Waals surface area contributed by atoms with Crippen LogP contribution in [0.1, 0.15) is 225 Å². The summed E-state index contributed by atoms with van der Waals surface area (Å²) in [4.78, 5) is 13.1. The summed E-state index contributed by atoms with van der Waals surface area (Å²) in [7, 11) is 0. The van der Waals surface area contributed by atoms with Gasteiger partial charge in [-0.2, -0.15) is 0 Å². The molecule has 0 amide bonds. The van der Waals surface area contributed by atoms with Crippen LogP contribution >= 0.6 is 0 Å². The molecule has 3 nitrogen and oxygen atoms in total. The fourth-order valence-electron chi connectivity index (χ4n) is 7.80. The van der Waals surface area contributed by atoms with E-state index in [9.17, 15) is 4.79 Å². The van der Waals surface area contributed by atoms with Crippen molar-refractivity contribution in [3.8, 4) is 0 Å². The van der Waals surface area contributed by atoms with Crippen LogP contribution in [0.25, 0.3) is 0 Å². The molecule has 4 heteroatoms. The highest BCUT2D eigenvalue weighted by atomic mass is 79.9. The molecule has 0 atom stereocenters. The maximum absolute atomic E-state index is 13.1. The summed E-state index contributed by atoms with van der Waals surface area (Å²) in [5.41, 5.74) is 1.24. The minimum atomic E-state index is 0. The van der Waals surface area contributed by atoms with Gasteiger partial charge in [0.15, 0.2) is 0 Å². The maximum Gasteiger partial charge on any atom is 0.311 e. The number of carbonyl (C=O) groups is 1. The average molecular weight is 779 g/mol. The molecule has 0 radical (unpaired) electrons. The van der Waals surface area contributed by atoms with Crippen molar-refractivity contribution in [3.05, 3.63) is 35.9 Å². The average Bonchev–Trinajstić information content (AvgIpc) is 3.13. The molecule has 0 bridgehead atoms. The molecule has 0 saturated carbocycles. The minimum absolute atomic E-state index is 0. The summed E-state index contributed by atoms with van der Waals surface area (Å²) in [6.07, 6.45) is 43.0. The van der Waals surface area contributed by atoms with E-state index in [1.807, 2.05) is 6.07 Å². The molecule has 1 aromatic rings. The van der Waals surface area contributed by atoms with Gasteiger partial charge >= 0.3 is 5.97 Å². The first-order valence-corrected chi connectivity index (χ1v) is 22.7. The quantitative estimate of drug-likeness (QED) is 0.0378.